The fraction of sp³-hybridized carbons (Fsp3) is 0.750. The van der Waals surface area contributed by atoms with Crippen LogP contribution in [0.4, 0.5) is 4.79 Å². The third-order valence-electron chi connectivity index (χ3n) is 2.80. The number of hydrogen-bond donors (Lipinski definition) is 0. The van der Waals surface area contributed by atoms with Crippen molar-refractivity contribution in [3.8, 4) is 0 Å². The van der Waals surface area contributed by atoms with Crippen LogP contribution in [0.25, 0.3) is 0 Å². The number of amides is 1. The Morgan fingerprint density at radius 2 is 2.26 bits per heavy atom. The quantitative estimate of drug-likeness (QED) is 0.763. The number of rotatable bonds is 1. The molecule has 1 aliphatic heterocycles. The summed E-state index contributed by atoms with van der Waals surface area (Å²) in [6, 6.07) is -0.254. The van der Waals surface area contributed by atoms with Gasteiger partial charge in [-0.25, -0.2) is 9.78 Å². The van der Waals surface area contributed by atoms with E-state index in [0.29, 0.717) is 25.6 Å². The molecule has 0 saturated carbocycles. The lowest BCUT2D eigenvalue weighted by molar-refractivity contribution is -0.0358. The molecule has 1 unspecified atom stereocenters. The second-order valence-corrected chi connectivity index (χ2v) is 5.51. The molecule has 1 aliphatic rings. The molecule has 0 aliphatic carbocycles. The molecule has 0 aromatic carbocycles. The smallest absolute Gasteiger partial charge is 0.411 e. The Bertz CT molecular complexity index is 452. The van der Waals surface area contributed by atoms with Crippen LogP contribution in [0, 0.1) is 0 Å². The first-order valence-corrected chi connectivity index (χ1v) is 6.30. The molecular formula is C12H20N4O3. The molecule has 7 heteroatoms. The van der Waals surface area contributed by atoms with Crippen molar-refractivity contribution in [2.24, 2.45) is 7.05 Å². The monoisotopic (exact) mass is 268 g/mol. The number of morpholine rings is 1. The number of hydrogen-bond acceptors (Lipinski definition) is 5. The minimum Gasteiger partial charge on any atom is -0.444 e. The van der Waals surface area contributed by atoms with Gasteiger partial charge in [0.2, 0.25) is 0 Å². The maximum Gasteiger partial charge on any atom is 0.411 e. The first-order chi connectivity index (χ1) is 8.88. The first-order valence-electron chi connectivity index (χ1n) is 6.30. The average Bonchev–Trinajstić information content (AvgIpc) is 2.73. The largest absolute Gasteiger partial charge is 0.444 e. The Balaban J connectivity index is 2.17. The van der Waals surface area contributed by atoms with E-state index in [1.807, 2.05) is 20.8 Å². The van der Waals surface area contributed by atoms with Gasteiger partial charge in [-0.05, 0) is 20.8 Å². The SMILES string of the molecule is Cn1ncnc1C1COCCN1C(=O)OC(C)(C)C. The van der Waals surface area contributed by atoms with Gasteiger partial charge in [0.1, 0.15) is 18.0 Å². The molecule has 1 aromatic heterocycles. The van der Waals surface area contributed by atoms with Gasteiger partial charge in [-0.15, -0.1) is 0 Å². The highest BCUT2D eigenvalue weighted by atomic mass is 16.6. The molecule has 7 nitrogen and oxygen atoms in total. The van der Waals surface area contributed by atoms with Crippen LogP contribution in [-0.4, -0.2) is 51.1 Å². The Morgan fingerprint density at radius 1 is 1.53 bits per heavy atom. The maximum absolute atomic E-state index is 12.2. The average molecular weight is 268 g/mol. The third kappa shape index (κ3) is 3.23. The summed E-state index contributed by atoms with van der Waals surface area (Å²) in [5, 5.41) is 4.03. The fourth-order valence-corrected chi connectivity index (χ4v) is 1.96. The van der Waals surface area contributed by atoms with Crippen molar-refractivity contribution in [2.75, 3.05) is 19.8 Å². The van der Waals surface area contributed by atoms with Gasteiger partial charge in [-0.1, -0.05) is 0 Å². The van der Waals surface area contributed by atoms with Crippen LogP contribution >= 0.6 is 0 Å². The van der Waals surface area contributed by atoms with Crippen LogP contribution in [0.2, 0.25) is 0 Å². The van der Waals surface area contributed by atoms with Crippen molar-refractivity contribution in [3.63, 3.8) is 0 Å². The normalized spacial score (nSPS) is 20.4. The zero-order chi connectivity index (χ0) is 14.0. The van der Waals surface area contributed by atoms with E-state index in [-0.39, 0.29) is 12.1 Å². The Morgan fingerprint density at radius 3 is 2.84 bits per heavy atom. The van der Waals surface area contributed by atoms with Crippen molar-refractivity contribution in [3.05, 3.63) is 12.2 Å². The number of nitrogens with zero attached hydrogens (tertiary/aromatic N) is 4. The van der Waals surface area contributed by atoms with Gasteiger partial charge in [0.25, 0.3) is 0 Å². The van der Waals surface area contributed by atoms with E-state index in [1.165, 1.54) is 6.33 Å². The molecule has 2 heterocycles. The van der Waals surface area contributed by atoms with Crippen molar-refractivity contribution in [2.45, 2.75) is 32.4 Å². The maximum atomic E-state index is 12.2. The lowest BCUT2D eigenvalue weighted by Gasteiger charge is -2.35. The Labute approximate surface area is 112 Å². The second-order valence-electron chi connectivity index (χ2n) is 5.51. The molecule has 1 fully saturated rings. The molecule has 0 radical (unpaired) electrons. The van der Waals surface area contributed by atoms with Crippen molar-refractivity contribution < 1.29 is 14.3 Å². The van der Waals surface area contributed by atoms with Crippen molar-refractivity contribution >= 4 is 6.09 Å². The summed E-state index contributed by atoms with van der Waals surface area (Å²) in [7, 11) is 1.80. The number of aromatic nitrogens is 3. The minimum atomic E-state index is -0.514. The molecule has 106 valence electrons. The highest BCUT2D eigenvalue weighted by Crippen LogP contribution is 2.24. The molecular weight excluding hydrogens is 248 g/mol. The van der Waals surface area contributed by atoms with Gasteiger partial charge in [0.15, 0.2) is 5.82 Å². The van der Waals surface area contributed by atoms with Crippen LogP contribution < -0.4 is 0 Å². The number of carbonyl (C=O) groups is 1. The van der Waals surface area contributed by atoms with Crippen LogP contribution in [0.15, 0.2) is 6.33 Å². The fourth-order valence-electron chi connectivity index (χ4n) is 1.96. The standard InChI is InChI=1S/C12H20N4O3/c1-12(2,3)19-11(17)16-5-6-18-7-9(16)10-13-8-14-15(10)4/h8-9H,5-7H2,1-4H3. The summed E-state index contributed by atoms with van der Waals surface area (Å²) in [4.78, 5) is 18.1. The molecule has 2 rings (SSSR count). The van der Waals surface area contributed by atoms with E-state index in [9.17, 15) is 4.79 Å². The summed E-state index contributed by atoms with van der Waals surface area (Å²) >= 11 is 0. The molecule has 0 N–H and O–H groups in total. The topological polar surface area (TPSA) is 69.5 Å². The zero-order valence-corrected chi connectivity index (χ0v) is 11.8. The summed E-state index contributed by atoms with van der Waals surface area (Å²) in [5.41, 5.74) is -0.514. The van der Waals surface area contributed by atoms with Crippen molar-refractivity contribution in [1.29, 1.82) is 0 Å². The minimum absolute atomic E-state index is 0.254. The molecule has 19 heavy (non-hydrogen) atoms. The Kier molecular flexibility index (Phi) is 3.75. The van der Waals surface area contributed by atoms with E-state index in [2.05, 4.69) is 10.1 Å². The van der Waals surface area contributed by atoms with Gasteiger partial charge in [0, 0.05) is 13.6 Å². The highest BCUT2D eigenvalue weighted by Gasteiger charge is 2.34. The second kappa shape index (κ2) is 5.16. The molecule has 1 atom stereocenters. The summed E-state index contributed by atoms with van der Waals surface area (Å²) < 4.78 is 12.5. The van der Waals surface area contributed by atoms with E-state index < -0.39 is 5.60 Å². The van der Waals surface area contributed by atoms with E-state index in [0.717, 1.165) is 0 Å². The van der Waals surface area contributed by atoms with Crippen LogP contribution in [0.1, 0.15) is 32.6 Å². The molecule has 1 saturated heterocycles. The van der Waals surface area contributed by atoms with Gasteiger partial charge >= 0.3 is 6.09 Å². The van der Waals surface area contributed by atoms with Gasteiger partial charge in [0.05, 0.1) is 13.2 Å². The number of ether oxygens (including phenoxy) is 2. The predicted octanol–water partition coefficient (Wildman–Crippen LogP) is 1.12. The van der Waals surface area contributed by atoms with Crippen LogP contribution in [0.5, 0.6) is 0 Å². The summed E-state index contributed by atoms with van der Waals surface area (Å²) in [6.45, 7) is 6.96. The molecule has 0 bridgehead atoms. The van der Waals surface area contributed by atoms with Crippen LogP contribution in [-0.2, 0) is 16.5 Å². The highest BCUT2D eigenvalue weighted by molar-refractivity contribution is 5.68. The zero-order valence-electron chi connectivity index (χ0n) is 11.8. The van der Waals surface area contributed by atoms with E-state index in [1.54, 1.807) is 16.6 Å². The predicted molar refractivity (Wildman–Crippen MR) is 67.5 cm³/mol. The van der Waals surface area contributed by atoms with Gasteiger partial charge in [-0.3, -0.25) is 9.58 Å². The molecule has 0 spiro atoms. The number of aryl methyl sites for hydroxylation is 1. The van der Waals surface area contributed by atoms with Crippen molar-refractivity contribution in [1.82, 2.24) is 19.7 Å². The molecule has 1 amide bonds. The van der Waals surface area contributed by atoms with Crippen LogP contribution in [0.3, 0.4) is 0 Å². The summed E-state index contributed by atoms with van der Waals surface area (Å²) in [6.07, 6.45) is 1.13. The number of carbonyl (C=O) groups excluding carboxylic acids is 1. The third-order valence-corrected chi connectivity index (χ3v) is 2.80. The van der Waals surface area contributed by atoms with Gasteiger partial charge in [-0.2, -0.15) is 5.10 Å². The summed E-state index contributed by atoms with van der Waals surface area (Å²) in [5.74, 6) is 0.700. The van der Waals surface area contributed by atoms with E-state index >= 15 is 0 Å². The van der Waals surface area contributed by atoms with E-state index in [4.69, 9.17) is 9.47 Å². The first kappa shape index (κ1) is 13.8. The lowest BCUT2D eigenvalue weighted by atomic mass is 10.2. The molecule has 1 aromatic rings. The lowest BCUT2D eigenvalue weighted by Crippen LogP contribution is -2.46. The van der Waals surface area contributed by atoms with Gasteiger partial charge < -0.3 is 9.47 Å². The Hall–Kier alpha value is -1.63.